The summed E-state index contributed by atoms with van der Waals surface area (Å²) in [6, 6.07) is 12.6. The maximum atomic E-state index is 10.9. The van der Waals surface area contributed by atoms with Crippen molar-refractivity contribution in [2.24, 2.45) is 0 Å². The zero-order valence-corrected chi connectivity index (χ0v) is 17.4. The molecule has 0 radical (unpaired) electrons. The zero-order valence-electron chi connectivity index (χ0n) is 15.9. The van der Waals surface area contributed by atoms with Crippen LogP contribution in [0.5, 0.6) is 5.75 Å². The van der Waals surface area contributed by atoms with Crippen molar-refractivity contribution in [1.82, 2.24) is 0 Å². The number of alkyl halides is 1. The zero-order chi connectivity index (χ0) is 20.4. The second-order valence-corrected chi connectivity index (χ2v) is 7.49. The lowest BCUT2D eigenvalue weighted by molar-refractivity contribution is 0.329. The number of benzene rings is 2. The van der Waals surface area contributed by atoms with E-state index < -0.39 is 10.1 Å². The molecule has 0 amide bonds. The fraction of sp³-hybridized carbons (Fsp3) is 0.368. The molecule has 0 aromatic heterocycles. The molecule has 0 saturated heterocycles. The first-order chi connectivity index (χ1) is 12.7. The summed E-state index contributed by atoms with van der Waals surface area (Å²) >= 11 is 5.72. The molecule has 150 valence electrons. The van der Waals surface area contributed by atoms with Crippen molar-refractivity contribution in [3.05, 3.63) is 48.0 Å². The summed E-state index contributed by atoms with van der Waals surface area (Å²) in [5.41, 5.74) is 8.20. The van der Waals surface area contributed by atoms with E-state index in [0.29, 0.717) is 12.5 Å². The first-order valence-corrected chi connectivity index (χ1v) is 10.6. The topological polar surface area (TPSA) is 92.9 Å². The number of aryl methyl sites for hydroxylation is 1. The fourth-order valence-electron chi connectivity index (χ4n) is 2.40. The van der Waals surface area contributed by atoms with Crippen LogP contribution in [0.15, 0.2) is 47.4 Å². The van der Waals surface area contributed by atoms with Crippen molar-refractivity contribution in [3.63, 3.8) is 0 Å². The molecule has 0 bridgehead atoms. The summed E-state index contributed by atoms with van der Waals surface area (Å²) in [7, 11) is -4.28. The van der Waals surface area contributed by atoms with Crippen LogP contribution in [-0.2, 0) is 10.1 Å². The third-order valence-corrected chi connectivity index (χ3v) is 4.69. The smallest absolute Gasteiger partial charge is 0.298 e. The van der Waals surface area contributed by atoms with Crippen molar-refractivity contribution in [2.75, 3.05) is 36.2 Å². The molecule has 2 aromatic rings. The lowest BCUT2D eigenvalue weighted by atomic mass is 10.2. The molecule has 0 fully saturated rings. The highest BCUT2D eigenvalue weighted by Crippen LogP contribution is 2.25. The fourth-order valence-corrected chi connectivity index (χ4v) is 3.27. The van der Waals surface area contributed by atoms with Gasteiger partial charge in [-0.2, -0.15) is 8.42 Å². The van der Waals surface area contributed by atoms with E-state index in [1.807, 2.05) is 0 Å². The van der Waals surface area contributed by atoms with Crippen molar-refractivity contribution in [1.29, 1.82) is 0 Å². The number of nitrogens with zero attached hydrogens (tertiary/aromatic N) is 1. The maximum absolute atomic E-state index is 10.9. The van der Waals surface area contributed by atoms with Crippen LogP contribution >= 0.6 is 11.6 Å². The average molecular weight is 415 g/mol. The van der Waals surface area contributed by atoms with Crippen LogP contribution in [0.3, 0.4) is 0 Å². The molecule has 0 unspecified atom stereocenters. The van der Waals surface area contributed by atoms with Crippen LogP contribution in [0.4, 0.5) is 11.4 Å². The van der Waals surface area contributed by atoms with Crippen molar-refractivity contribution in [2.45, 2.75) is 25.7 Å². The van der Waals surface area contributed by atoms with Gasteiger partial charge in [0.2, 0.25) is 0 Å². The number of nitrogens with two attached hydrogens (primary N) is 1. The Morgan fingerprint density at radius 2 is 1.89 bits per heavy atom. The average Bonchev–Trinajstić information content (AvgIpc) is 2.61. The number of anilines is 2. The molecule has 0 spiro atoms. The molecule has 2 aromatic carbocycles. The number of hydrogen-bond acceptors (Lipinski definition) is 5. The summed E-state index contributed by atoms with van der Waals surface area (Å²) in [4.78, 5) is 1.97. The summed E-state index contributed by atoms with van der Waals surface area (Å²) in [6.45, 7) is 8.21. The number of rotatable bonds is 7. The predicted molar refractivity (Wildman–Crippen MR) is 112 cm³/mol. The van der Waals surface area contributed by atoms with Gasteiger partial charge in [-0.05, 0) is 56.7 Å². The van der Waals surface area contributed by atoms with E-state index in [0.717, 1.165) is 19.2 Å². The number of hydrogen-bond donors (Lipinski definition) is 2. The van der Waals surface area contributed by atoms with E-state index in [1.54, 1.807) is 6.92 Å². The molecule has 0 atom stereocenters. The Bertz CT molecular complexity index is 828. The van der Waals surface area contributed by atoms with Gasteiger partial charge in [-0.3, -0.25) is 4.55 Å². The van der Waals surface area contributed by atoms with Crippen molar-refractivity contribution >= 4 is 33.1 Å². The minimum absolute atomic E-state index is 0.101. The highest BCUT2D eigenvalue weighted by atomic mass is 35.5. The van der Waals surface area contributed by atoms with E-state index >= 15 is 0 Å². The molecule has 2 rings (SSSR count). The SMILES string of the molecule is CCN(CCCl)c1cccc(C)c1.CCOc1ccc(N)cc1S(=O)(=O)O. The van der Waals surface area contributed by atoms with Crippen molar-refractivity contribution < 1.29 is 17.7 Å². The third kappa shape index (κ3) is 7.66. The second kappa shape index (κ2) is 11.0. The van der Waals surface area contributed by atoms with Gasteiger partial charge in [-0.15, -0.1) is 11.6 Å². The Labute approximate surface area is 166 Å². The van der Waals surface area contributed by atoms with Crippen LogP contribution in [-0.4, -0.2) is 38.5 Å². The molecule has 0 saturated carbocycles. The molecule has 27 heavy (non-hydrogen) atoms. The monoisotopic (exact) mass is 414 g/mol. The summed E-state index contributed by atoms with van der Waals surface area (Å²) in [6.07, 6.45) is 0. The van der Waals surface area contributed by atoms with Gasteiger partial charge in [-0.25, -0.2) is 0 Å². The number of halogens is 1. The quantitative estimate of drug-likeness (QED) is 0.404. The molecule has 0 aliphatic carbocycles. The van der Waals surface area contributed by atoms with Gasteiger partial charge in [-0.1, -0.05) is 12.1 Å². The molecular formula is C19H27ClN2O4S. The first kappa shape index (κ1) is 23.1. The summed E-state index contributed by atoms with van der Waals surface area (Å²) < 4.78 is 35.7. The predicted octanol–water partition coefficient (Wildman–Crippen LogP) is 3.97. The largest absolute Gasteiger partial charge is 0.492 e. The Morgan fingerprint density at radius 1 is 1.19 bits per heavy atom. The minimum atomic E-state index is -4.28. The molecular weight excluding hydrogens is 388 g/mol. The van der Waals surface area contributed by atoms with Crippen LogP contribution in [0, 0.1) is 6.92 Å². The first-order valence-electron chi connectivity index (χ1n) is 8.60. The van der Waals surface area contributed by atoms with Gasteiger partial charge in [0.05, 0.1) is 6.61 Å². The number of nitrogen functional groups attached to an aromatic ring is 1. The van der Waals surface area contributed by atoms with Gasteiger partial charge < -0.3 is 15.4 Å². The number of ether oxygens (including phenoxy) is 1. The van der Waals surface area contributed by atoms with Gasteiger partial charge >= 0.3 is 0 Å². The van der Waals surface area contributed by atoms with E-state index in [9.17, 15) is 8.42 Å². The summed E-state index contributed by atoms with van der Waals surface area (Å²) in [5.74, 6) is 0.783. The third-order valence-electron chi connectivity index (χ3n) is 3.65. The molecule has 8 heteroatoms. The van der Waals surface area contributed by atoms with Crippen molar-refractivity contribution in [3.8, 4) is 5.75 Å². The Hall–Kier alpha value is -1.96. The van der Waals surface area contributed by atoms with E-state index in [1.165, 1.54) is 23.4 Å². The highest BCUT2D eigenvalue weighted by Gasteiger charge is 2.16. The van der Waals surface area contributed by atoms with Crippen LogP contribution in [0.2, 0.25) is 0 Å². The standard InChI is InChI=1S/C11H16ClN.C8H11NO4S/c1-3-13(8-7-12)11-6-4-5-10(2)9-11;1-2-13-7-4-3-6(9)5-8(7)14(10,11)12/h4-6,9H,3,7-8H2,1-2H3;3-5H,2,9H2,1H3,(H,10,11,12). The molecule has 0 aliphatic heterocycles. The molecule has 3 N–H and O–H groups in total. The van der Waals surface area contributed by atoms with Gasteiger partial charge in [0, 0.05) is 30.3 Å². The van der Waals surface area contributed by atoms with E-state index in [-0.39, 0.29) is 16.3 Å². The van der Waals surface area contributed by atoms with Crippen LogP contribution in [0.25, 0.3) is 0 Å². The second-order valence-electron chi connectivity index (χ2n) is 5.72. The Balaban J connectivity index is 0.000000271. The molecule has 0 aliphatic rings. The van der Waals surface area contributed by atoms with Gasteiger partial charge in [0.1, 0.15) is 10.6 Å². The minimum Gasteiger partial charge on any atom is -0.492 e. The Morgan fingerprint density at radius 3 is 2.41 bits per heavy atom. The van der Waals surface area contributed by atoms with E-state index in [4.69, 9.17) is 26.6 Å². The highest BCUT2D eigenvalue weighted by molar-refractivity contribution is 7.86. The molecule has 0 heterocycles. The maximum Gasteiger partial charge on any atom is 0.298 e. The normalized spacial score (nSPS) is 10.7. The van der Waals surface area contributed by atoms with Gasteiger partial charge in [0.15, 0.2) is 0 Å². The van der Waals surface area contributed by atoms with E-state index in [2.05, 4.69) is 43.0 Å². The summed E-state index contributed by atoms with van der Waals surface area (Å²) in [5, 5.41) is 0. The lowest BCUT2D eigenvalue weighted by Gasteiger charge is -2.22. The Kier molecular flexibility index (Phi) is 9.41. The van der Waals surface area contributed by atoms with Crippen LogP contribution in [0.1, 0.15) is 19.4 Å². The van der Waals surface area contributed by atoms with Gasteiger partial charge in [0.25, 0.3) is 10.1 Å². The lowest BCUT2D eigenvalue weighted by Crippen LogP contribution is -2.24. The van der Waals surface area contributed by atoms with Crippen LogP contribution < -0.4 is 15.4 Å². The molecule has 6 nitrogen and oxygen atoms in total.